The van der Waals surface area contributed by atoms with Gasteiger partial charge in [-0.05, 0) is 111 Å². The zero-order chi connectivity index (χ0) is 24.9. The van der Waals surface area contributed by atoms with Crippen LogP contribution >= 0.6 is 47.8 Å². The van der Waals surface area contributed by atoms with Crippen molar-refractivity contribution in [1.29, 1.82) is 0 Å². The Bertz CT molecular complexity index is 872. The first-order valence-electron chi connectivity index (χ1n) is 10.5. The standard InChI is InChI=1S/C25H33Br3O4/c1-9-18(29)14-24(5,6)12-11-19(30)32-25(7,8)13-10-15(2)31-23-21(27)17(4)16(3)20(26)22(23)28/h9H,1-2,10-14H2,3-8H3. The maximum Gasteiger partial charge on any atom is 0.306 e. The van der Waals surface area contributed by atoms with Crippen molar-refractivity contribution in [3.8, 4) is 5.75 Å². The van der Waals surface area contributed by atoms with Gasteiger partial charge in [-0.2, -0.15) is 0 Å². The average molecular weight is 637 g/mol. The quantitative estimate of drug-likeness (QED) is 0.0999. The first-order chi connectivity index (χ1) is 14.6. The lowest BCUT2D eigenvalue weighted by molar-refractivity contribution is -0.157. The molecule has 0 atom stereocenters. The summed E-state index contributed by atoms with van der Waals surface area (Å²) in [7, 11) is 0. The number of ether oxygens (including phenoxy) is 2. The van der Waals surface area contributed by atoms with E-state index in [1.807, 2.05) is 41.5 Å². The molecule has 0 aliphatic carbocycles. The van der Waals surface area contributed by atoms with Crippen molar-refractivity contribution >= 4 is 59.5 Å². The van der Waals surface area contributed by atoms with Crippen LogP contribution < -0.4 is 4.74 Å². The molecule has 0 aliphatic rings. The molecule has 1 aromatic rings. The summed E-state index contributed by atoms with van der Waals surface area (Å²) in [6.45, 7) is 19.3. The fourth-order valence-electron chi connectivity index (χ4n) is 3.07. The van der Waals surface area contributed by atoms with Gasteiger partial charge in [0.15, 0.2) is 11.5 Å². The number of allylic oxidation sites excluding steroid dienone is 2. The SMILES string of the molecule is C=CC(=O)CC(C)(C)CCC(=O)OC(C)(C)CCC(=C)Oc1c(Br)c(C)c(C)c(Br)c1Br. The van der Waals surface area contributed by atoms with Crippen molar-refractivity contribution in [2.45, 2.75) is 79.2 Å². The molecular weight excluding hydrogens is 604 g/mol. The van der Waals surface area contributed by atoms with Gasteiger partial charge in [0.05, 0.1) is 14.7 Å². The number of halogens is 3. The Morgan fingerprint density at radius 3 is 2.06 bits per heavy atom. The van der Waals surface area contributed by atoms with Crippen molar-refractivity contribution in [2.75, 3.05) is 0 Å². The molecule has 0 heterocycles. The van der Waals surface area contributed by atoms with Crippen molar-refractivity contribution in [3.63, 3.8) is 0 Å². The fraction of sp³-hybridized carbons (Fsp3) is 0.520. The number of carbonyl (C=O) groups excluding carboxylic acids is 2. The predicted octanol–water partition coefficient (Wildman–Crippen LogP) is 8.54. The topological polar surface area (TPSA) is 52.6 Å². The molecule has 4 nitrogen and oxygen atoms in total. The highest BCUT2D eigenvalue weighted by molar-refractivity contribution is 9.13. The summed E-state index contributed by atoms with van der Waals surface area (Å²) in [4.78, 5) is 24.0. The smallest absolute Gasteiger partial charge is 0.306 e. The highest BCUT2D eigenvalue weighted by Crippen LogP contribution is 2.44. The molecule has 7 heteroatoms. The average Bonchev–Trinajstić information content (AvgIpc) is 2.70. The van der Waals surface area contributed by atoms with Gasteiger partial charge in [0, 0.05) is 23.7 Å². The molecule has 0 saturated heterocycles. The number of ketones is 1. The molecule has 0 aromatic heterocycles. The van der Waals surface area contributed by atoms with E-state index in [9.17, 15) is 9.59 Å². The van der Waals surface area contributed by atoms with E-state index in [1.54, 1.807) is 0 Å². The van der Waals surface area contributed by atoms with Crippen LogP contribution in [-0.4, -0.2) is 17.4 Å². The molecule has 0 fully saturated rings. The van der Waals surface area contributed by atoms with Gasteiger partial charge in [-0.1, -0.05) is 27.0 Å². The minimum Gasteiger partial charge on any atom is -0.460 e. The third kappa shape index (κ3) is 8.79. The van der Waals surface area contributed by atoms with E-state index in [4.69, 9.17) is 9.47 Å². The Morgan fingerprint density at radius 1 is 0.938 bits per heavy atom. The van der Waals surface area contributed by atoms with E-state index in [2.05, 4.69) is 60.9 Å². The second kappa shape index (κ2) is 12.0. The number of esters is 1. The number of carbonyl (C=O) groups is 2. The van der Waals surface area contributed by atoms with Crippen molar-refractivity contribution in [1.82, 2.24) is 0 Å². The molecule has 0 N–H and O–H groups in total. The number of rotatable bonds is 12. The van der Waals surface area contributed by atoms with Gasteiger partial charge in [-0.15, -0.1) is 0 Å². The third-order valence-corrected chi connectivity index (χ3v) is 8.58. The van der Waals surface area contributed by atoms with Crippen LogP contribution in [0.25, 0.3) is 0 Å². The summed E-state index contributed by atoms with van der Waals surface area (Å²) in [6, 6.07) is 0. The molecule has 178 valence electrons. The molecule has 0 radical (unpaired) electrons. The number of benzene rings is 1. The van der Waals surface area contributed by atoms with Gasteiger partial charge in [0.1, 0.15) is 5.60 Å². The minimum absolute atomic E-state index is 0.0173. The molecule has 32 heavy (non-hydrogen) atoms. The zero-order valence-electron chi connectivity index (χ0n) is 19.8. The van der Waals surface area contributed by atoms with Gasteiger partial charge < -0.3 is 9.47 Å². The second-order valence-electron chi connectivity index (χ2n) is 9.41. The molecule has 0 bridgehead atoms. The summed E-state index contributed by atoms with van der Waals surface area (Å²) in [5.41, 5.74) is 1.25. The molecule has 0 aliphatic heterocycles. The highest BCUT2D eigenvalue weighted by Gasteiger charge is 2.27. The van der Waals surface area contributed by atoms with Crippen LogP contribution in [0, 0.1) is 19.3 Å². The zero-order valence-corrected chi connectivity index (χ0v) is 24.6. The van der Waals surface area contributed by atoms with Crippen LogP contribution in [-0.2, 0) is 14.3 Å². The summed E-state index contributed by atoms with van der Waals surface area (Å²) >= 11 is 10.8. The molecular formula is C25H33Br3O4. The Labute approximate surface area is 217 Å². The first kappa shape index (κ1) is 29.1. The fourth-order valence-corrected chi connectivity index (χ4v) is 4.97. The van der Waals surface area contributed by atoms with E-state index in [-0.39, 0.29) is 23.6 Å². The lowest BCUT2D eigenvalue weighted by Crippen LogP contribution is -2.29. The molecule has 0 spiro atoms. The van der Waals surface area contributed by atoms with Gasteiger partial charge in [0.25, 0.3) is 0 Å². The van der Waals surface area contributed by atoms with Crippen LogP contribution in [0.5, 0.6) is 5.75 Å². The molecule has 0 amide bonds. The Balaban J connectivity index is 2.64. The van der Waals surface area contributed by atoms with Gasteiger partial charge >= 0.3 is 5.97 Å². The Morgan fingerprint density at radius 2 is 1.50 bits per heavy atom. The van der Waals surface area contributed by atoms with Gasteiger partial charge in [-0.3, -0.25) is 9.59 Å². The highest BCUT2D eigenvalue weighted by atomic mass is 79.9. The largest absolute Gasteiger partial charge is 0.460 e. The summed E-state index contributed by atoms with van der Waals surface area (Å²) in [6.07, 6.45) is 3.62. The lowest BCUT2D eigenvalue weighted by Gasteiger charge is -2.27. The number of hydrogen-bond acceptors (Lipinski definition) is 4. The summed E-state index contributed by atoms with van der Waals surface area (Å²) in [5.74, 6) is 0.950. The van der Waals surface area contributed by atoms with Crippen molar-refractivity contribution < 1.29 is 19.1 Å². The maximum atomic E-state index is 12.4. The first-order valence-corrected chi connectivity index (χ1v) is 12.8. The van der Waals surface area contributed by atoms with Crippen LogP contribution in [0.4, 0.5) is 0 Å². The van der Waals surface area contributed by atoms with E-state index >= 15 is 0 Å². The normalized spacial score (nSPS) is 11.8. The van der Waals surface area contributed by atoms with Crippen LogP contribution in [0.3, 0.4) is 0 Å². The van der Waals surface area contributed by atoms with E-state index in [1.165, 1.54) is 6.08 Å². The maximum absolute atomic E-state index is 12.4. The monoisotopic (exact) mass is 634 g/mol. The van der Waals surface area contributed by atoms with E-state index in [0.717, 1.165) is 24.5 Å². The summed E-state index contributed by atoms with van der Waals surface area (Å²) < 4.78 is 14.4. The lowest BCUT2D eigenvalue weighted by atomic mass is 9.83. The van der Waals surface area contributed by atoms with Crippen LogP contribution in [0.2, 0.25) is 0 Å². The van der Waals surface area contributed by atoms with Gasteiger partial charge in [-0.25, -0.2) is 0 Å². The number of hydrogen-bond donors (Lipinski definition) is 0. The molecule has 1 rings (SSSR count). The second-order valence-corrected chi connectivity index (χ2v) is 11.8. The molecule has 0 unspecified atom stereocenters. The van der Waals surface area contributed by atoms with Crippen molar-refractivity contribution in [2.24, 2.45) is 5.41 Å². The Hall–Kier alpha value is -0.920. The molecule has 1 aromatic carbocycles. The van der Waals surface area contributed by atoms with Crippen LogP contribution in [0.1, 0.15) is 70.9 Å². The van der Waals surface area contributed by atoms with Crippen LogP contribution in [0.15, 0.2) is 38.4 Å². The molecule has 0 saturated carbocycles. The van der Waals surface area contributed by atoms with Gasteiger partial charge in [0.2, 0.25) is 0 Å². The third-order valence-electron chi connectivity index (χ3n) is 5.34. The van der Waals surface area contributed by atoms with Crippen molar-refractivity contribution in [3.05, 3.63) is 49.5 Å². The predicted molar refractivity (Wildman–Crippen MR) is 141 cm³/mol. The van der Waals surface area contributed by atoms with E-state index in [0.29, 0.717) is 37.2 Å². The minimum atomic E-state index is -0.664. The Kier molecular flexibility index (Phi) is 10.9. The summed E-state index contributed by atoms with van der Waals surface area (Å²) in [5, 5.41) is 0. The van der Waals surface area contributed by atoms with E-state index < -0.39 is 5.60 Å².